The van der Waals surface area contributed by atoms with E-state index in [9.17, 15) is 4.79 Å². The monoisotopic (exact) mass is 498 g/mol. The van der Waals surface area contributed by atoms with Crippen LogP contribution in [0.4, 0.5) is 0 Å². The minimum Gasteiger partial charge on any atom is -0.497 e. The van der Waals surface area contributed by atoms with Crippen molar-refractivity contribution in [3.05, 3.63) is 102 Å². The summed E-state index contributed by atoms with van der Waals surface area (Å²) in [6.45, 7) is 4.57. The van der Waals surface area contributed by atoms with Gasteiger partial charge in [-0.1, -0.05) is 42.1 Å². The van der Waals surface area contributed by atoms with Gasteiger partial charge < -0.3 is 13.7 Å². The third-order valence-corrected chi connectivity index (χ3v) is 7.03. The van der Waals surface area contributed by atoms with Crippen LogP contribution >= 0.6 is 11.8 Å². The lowest BCUT2D eigenvalue weighted by molar-refractivity contribution is 0.102. The van der Waals surface area contributed by atoms with E-state index in [1.165, 1.54) is 11.8 Å². The van der Waals surface area contributed by atoms with E-state index >= 15 is 0 Å². The fourth-order valence-electron chi connectivity index (χ4n) is 4.19. The van der Waals surface area contributed by atoms with Crippen LogP contribution in [0, 0.1) is 13.8 Å². The summed E-state index contributed by atoms with van der Waals surface area (Å²) in [6, 6.07) is 23.4. The zero-order valence-electron chi connectivity index (χ0n) is 20.3. The molecule has 0 saturated carbocycles. The molecule has 0 unspecified atom stereocenters. The first kappa shape index (κ1) is 23.7. The number of aryl methyl sites for hydroxylation is 1. The summed E-state index contributed by atoms with van der Waals surface area (Å²) >= 11 is 1.38. The summed E-state index contributed by atoms with van der Waals surface area (Å²) in [4.78, 5) is 13.3. The highest BCUT2D eigenvalue weighted by molar-refractivity contribution is 7.99. The Bertz CT molecular complexity index is 1470. The Morgan fingerprint density at radius 1 is 1.00 bits per heavy atom. The SMILES string of the molecule is COc1ccc(-n2c(SCC(=O)c3cc(C)n(Cc4ccco4)c3C)nnc2-c2ccccc2)cc1. The number of ketones is 1. The third kappa shape index (κ3) is 4.72. The van der Waals surface area contributed by atoms with Crippen molar-refractivity contribution >= 4 is 17.5 Å². The molecule has 0 aliphatic rings. The summed E-state index contributed by atoms with van der Waals surface area (Å²) in [5.41, 5.74) is 4.50. The second kappa shape index (κ2) is 10.3. The summed E-state index contributed by atoms with van der Waals surface area (Å²) < 4.78 is 14.9. The molecule has 0 bridgehead atoms. The van der Waals surface area contributed by atoms with E-state index in [-0.39, 0.29) is 11.5 Å². The molecule has 2 aromatic carbocycles. The van der Waals surface area contributed by atoms with E-state index in [2.05, 4.69) is 14.8 Å². The number of furan rings is 1. The summed E-state index contributed by atoms with van der Waals surface area (Å²) in [7, 11) is 1.64. The van der Waals surface area contributed by atoms with Crippen molar-refractivity contribution in [2.45, 2.75) is 25.5 Å². The number of rotatable bonds is 9. The zero-order valence-corrected chi connectivity index (χ0v) is 21.2. The number of aromatic nitrogens is 4. The van der Waals surface area contributed by atoms with Gasteiger partial charge in [0.1, 0.15) is 11.5 Å². The molecule has 0 N–H and O–H groups in total. The number of thioether (sulfide) groups is 1. The van der Waals surface area contributed by atoms with Crippen LogP contribution in [0.3, 0.4) is 0 Å². The fraction of sp³-hybridized carbons (Fsp3) is 0.179. The highest BCUT2D eigenvalue weighted by atomic mass is 32.2. The van der Waals surface area contributed by atoms with Gasteiger partial charge in [0.05, 0.1) is 25.7 Å². The van der Waals surface area contributed by atoms with Gasteiger partial charge in [-0.2, -0.15) is 0 Å². The number of Topliss-reactive ketones (excluding diaryl/α,β-unsaturated/α-hetero) is 1. The smallest absolute Gasteiger partial charge is 0.196 e. The number of carbonyl (C=O) groups excluding carboxylic acids is 1. The molecule has 8 heteroatoms. The predicted molar refractivity (Wildman–Crippen MR) is 140 cm³/mol. The molecular formula is C28H26N4O3S. The molecule has 0 spiro atoms. The van der Waals surface area contributed by atoms with Crippen molar-refractivity contribution in [2.75, 3.05) is 12.9 Å². The van der Waals surface area contributed by atoms with Gasteiger partial charge in [-0.15, -0.1) is 10.2 Å². The normalized spacial score (nSPS) is 11.1. The lowest BCUT2D eigenvalue weighted by Gasteiger charge is -2.11. The average molecular weight is 499 g/mol. The number of benzene rings is 2. The maximum atomic E-state index is 13.3. The molecule has 0 aliphatic heterocycles. The molecule has 7 nitrogen and oxygen atoms in total. The van der Waals surface area contributed by atoms with Crippen LogP contribution in [-0.2, 0) is 6.54 Å². The van der Waals surface area contributed by atoms with Crippen LogP contribution in [0.15, 0.2) is 88.6 Å². The van der Waals surface area contributed by atoms with Gasteiger partial charge >= 0.3 is 0 Å². The molecule has 0 saturated heterocycles. The quantitative estimate of drug-likeness (QED) is 0.184. The van der Waals surface area contributed by atoms with Crippen LogP contribution in [-0.4, -0.2) is 38.0 Å². The van der Waals surface area contributed by atoms with Crippen molar-refractivity contribution in [1.82, 2.24) is 19.3 Å². The first-order chi connectivity index (χ1) is 17.5. The number of nitrogens with zero attached hydrogens (tertiary/aromatic N) is 4. The number of ether oxygens (including phenoxy) is 1. The van der Waals surface area contributed by atoms with E-state index in [0.29, 0.717) is 23.1 Å². The number of hydrogen-bond donors (Lipinski definition) is 0. The highest BCUT2D eigenvalue weighted by Crippen LogP contribution is 2.30. The van der Waals surface area contributed by atoms with E-state index in [4.69, 9.17) is 9.15 Å². The molecule has 0 radical (unpaired) electrons. The van der Waals surface area contributed by atoms with Crippen LogP contribution < -0.4 is 4.74 Å². The summed E-state index contributed by atoms with van der Waals surface area (Å²) in [6.07, 6.45) is 1.66. The number of hydrogen-bond acceptors (Lipinski definition) is 6. The Morgan fingerprint density at radius 2 is 1.78 bits per heavy atom. The number of carbonyl (C=O) groups is 1. The lowest BCUT2D eigenvalue weighted by atomic mass is 10.2. The van der Waals surface area contributed by atoms with Crippen molar-refractivity contribution in [3.8, 4) is 22.8 Å². The average Bonchev–Trinajstić information content (AvgIpc) is 3.64. The van der Waals surface area contributed by atoms with Gasteiger partial charge in [-0.05, 0) is 56.3 Å². The van der Waals surface area contributed by atoms with Gasteiger partial charge in [-0.3, -0.25) is 9.36 Å². The zero-order chi connectivity index (χ0) is 25.1. The van der Waals surface area contributed by atoms with Crippen LogP contribution in [0.2, 0.25) is 0 Å². The Balaban J connectivity index is 1.42. The van der Waals surface area contributed by atoms with Crippen LogP contribution in [0.5, 0.6) is 5.75 Å². The molecule has 0 aliphatic carbocycles. The maximum Gasteiger partial charge on any atom is 0.196 e. The van der Waals surface area contributed by atoms with E-state index in [1.54, 1.807) is 13.4 Å². The molecule has 3 aromatic heterocycles. The van der Waals surface area contributed by atoms with Crippen molar-refractivity contribution in [1.29, 1.82) is 0 Å². The van der Waals surface area contributed by atoms with Crippen LogP contribution in [0.25, 0.3) is 17.1 Å². The second-order valence-corrected chi connectivity index (χ2v) is 9.31. The lowest BCUT2D eigenvalue weighted by Crippen LogP contribution is -2.08. The minimum atomic E-state index is 0.0457. The summed E-state index contributed by atoms with van der Waals surface area (Å²) in [5, 5.41) is 9.57. The Kier molecular flexibility index (Phi) is 6.77. The predicted octanol–water partition coefficient (Wildman–Crippen LogP) is 5.98. The Labute approximate surface area is 213 Å². The standard InChI is InChI=1S/C28H26N4O3S/c1-19-16-25(20(2)31(19)17-24-10-7-15-35-24)26(33)18-36-28-30-29-27(21-8-5-4-6-9-21)32(28)22-11-13-23(34-3)14-12-22/h4-16H,17-18H2,1-3H3. The Morgan fingerprint density at radius 3 is 2.47 bits per heavy atom. The van der Waals surface area contributed by atoms with Gasteiger partial charge in [-0.25, -0.2) is 0 Å². The van der Waals surface area contributed by atoms with Gasteiger partial charge in [0, 0.05) is 28.2 Å². The summed E-state index contributed by atoms with van der Waals surface area (Å²) in [5.74, 6) is 2.62. The molecule has 0 amide bonds. The Hall–Kier alpha value is -4.04. The first-order valence-electron chi connectivity index (χ1n) is 11.6. The van der Waals surface area contributed by atoms with Gasteiger partial charge in [0.15, 0.2) is 16.8 Å². The van der Waals surface area contributed by atoms with Crippen molar-refractivity contribution in [2.24, 2.45) is 0 Å². The minimum absolute atomic E-state index is 0.0457. The maximum absolute atomic E-state index is 13.3. The second-order valence-electron chi connectivity index (χ2n) is 8.37. The van der Waals surface area contributed by atoms with Crippen LogP contribution in [0.1, 0.15) is 27.5 Å². The topological polar surface area (TPSA) is 75.1 Å². The molecule has 36 heavy (non-hydrogen) atoms. The molecule has 182 valence electrons. The third-order valence-electron chi connectivity index (χ3n) is 6.10. The van der Waals surface area contributed by atoms with Crippen molar-refractivity contribution < 1.29 is 13.9 Å². The molecular weight excluding hydrogens is 472 g/mol. The van der Waals surface area contributed by atoms with Gasteiger partial charge in [0.2, 0.25) is 0 Å². The molecule has 5 rings (SSSR count). The van der Waals surface area contributed by atoms with Crippen molar-refractivity contribution in [3.63, 3.8) is 0 Å². The molecule has 5 aromatic rings. The van der Waals surface area contributed by atoms with E-state index in [0.717, 1.165) is 34.1 Å². The van der Waals surface area contributed by atoms with E-state index < -0.39 is 0 Å². The molecule has 3 heterocycles. The van der Waals surface area contributed by atoms with Gasteiger partial charge in [0.25, 0.3) is 0 Å². The fourth-order valence-corrected chi connectivity index (χ4v) is 5.03. The largest absolute Gasteiger partial charge is 0.497 e. The molecule has 0 fully saturated rings. The van der Waals surface area contributed by atoms with E-state index in [1.807, 2.05) is 91.2 Å². The highest BCUT2D eigenvalue weighted by Gasteiger charge is 2.20. The first-order valence-corrected chi connectivity index (χ1v) is 12.5. The molecule has 0 atom stereocenters. The number of methoxy groups -OCH3 is 1.